The van der Waals surface area contributed by atoms with E-state index < -0.39 is 17.6 Å². The fraction of sp³-hybridized carbons (Fsp3) is 0.0769. The molecule has 0 aliphatic carbocycles. The molecular weight excluding hydrogens is 254 g/mol. The molecule has 0 radical (unpaired) electrons. The highest BCUT2D eigenvalue weighted by molar-refractivity contribution is 5.85. The molecule has 1 aromatic heterocycles. The number of hydrogen-bond acceptors (Lipinski definition) is 3. The Balaban J connectivity index is 2.10. The van der Waals surface area contributed by atoms with Crippen molar-refractivity contribution in [2.75, 3.05) is 5.32 Å². The number of anilines is 1. The quantitative estimate of drug-likeness (QED) is 0.891. The van der Waals surface area contributed by atoms with E-state index in [0.29, 0.717) is 5.69 Å². The van der Waals surface area contributed by atoms with Crippen LogP contribution in [0.4, 0.5) is 14.5 Å². The Bertz CT molecular complexity index is 617. The van der Waals surface area contributed by atoms with Crippen molar-refractivity contribution < 1.29 is 18.7 Å². The average Bonchev–Trinajstić information content (AvgIpc) is 2.38. The van der Waals surface area contributed by atoms with E-state index in [0.717, 1.165) is 12.1 Å². The molecule has 4 nitrogen and oxygen atoms in total. The maximum atomic E-state index is 13.3. The Morgan fingerprint density at radius 1 is 1.26 bits per heavy atom. The van der Waals surface area contributed by atoms with Crippen LogP contribution in [0, 0.1) is 11.6 Å². The van der Waals surface area contributed by atoms with Crippen molar-refractivity contribution in [3.05, 3.63) is 59.4 Å². The predicted molar refractivity (Wildman–Crippen MR) is 64.9 cm³/mol. The number of aromatic nitrogens is 1. The molecule has 0 bridgehead atoms. The van der Waals surface area contributed by atoms with Crippen molar-refractivity contribution >= 4 is 11.7 Å². The van der Waals surface area contributed by atoms with Gasteiger partial charge in [0, 0.05) is 6.07 Å². The molecule has 0 spiro atoms. The molecule has 98 valence electrons. The standard InChI is InChI=1S/C13H10F2N2O2/c14-8-4-5-11(10(15)6-8)16-7-9-2-1-3-12(17-9)13(18)19/h1-6,16H,7H2,(H,18,19). The Labute approximate surface area is 107 Å². The summed E-state index contributed by atoms with van der Waals surface area (Å²) in [6, 6.07) is 7.70. The highest BCUT2D eigenvalue weighted by atomic mass is 19.1. The van der Waals surface area contributed by atoms with Gasteiger partial charge >= 0.3 is 5.97 Å². The largest absolute Gasteiger partial charge is 0.477 e. The van der Waals surface area contributed by atoms with Crippen LogP contribution in [-0.2, 0) is 6.54 Å². The van der Waals surface area contributed by atoms with Crippen LogP contribution in [0.3, 0.4) is 0 Å². The second kappa shape index (κ2) is 5.43. The predicted octanol–water partition coefficient (Wildman–Crippen LogP) is 2.67. The summed E-state index contributed by atoms with van der Waals surface area (Å²) in [5, 5.41) is 11.5. The summed E-state index contributed by atoms with van der Waals surface area (Å²) in [5.74, 6) is -2.50. The lowest BCUT2D eigenvalue weighted by atomic mass is 10.2. The molecule has 0 atom stereocenters. The van der Waals surface area contributed by atoms with Gasteiger partial charge in [0.1, 0.15) is 17.3 Å². The molecule has 0 unspecified atom stereocenters. The van der Waals surface area contributed by atoms with Gasteiger partial charge in [-0.05, 0) is 24.3 Å². The zero-order chi connectivity index (χ0) is 13.8. The van der Waals surface area contributed by atoms with Crippen LogP contribution in [0.15, 0.2) is 36.4 Å². The van der Waals surface area contributed by atoms with Gasteiger partial charge in [-0.25, -0.2) is 18.6 Å². The third-order valence-corrected chi connectivity index (χ3v) is 2.42. The van der Waals surface area contributed by atoms with Crippen molar-refractivity contribution in [3.8, 4) is 0 Å². The zero-order valence-corrected chi connectivity index (χ0v) is 9.73. The highest BCUT2D eigenvalue weighted by Crippen LogP contribution is 2.15. The molecule has 0 saturated heterocycles. The Kier molecular flexibility index (Phi) is 3.70. The Hall–Kier alpha value is -2.50. The third kappa shape index (κ3) is 3.25. The van der Waals surface area contributed by atoms with Gasteiger partial charge in [-0.2, -0.15) is 0 Å². The van der Waals surface area contributed by atoms with Crippen LogP contribution in [-0.4, -0.2) is 16.1 Å². The van der Waals surface area contributed by atoms with Gasteiger partial charge in [0.15, 0.2) is 0 Å². The van der Waals surface area contributed by atoms with Crippen molar-refractivity contribution in [3.63, 3.8) is 0 Å². The molecule has 6 heteroatoms. The molecule has 2 rings (SSSR count). The number of rotatable bonds is 4. The molecule has 0 saturated carbocycles. The molecule has 0 aliphatic heterocycles. The Morgan fingerprint density at radius 2 is 2.05 bits per heavy atom. The monoisotopic (exact) mass is 264 g/mol. The van der Waals surface area contributed by atoms with E-state index in [-0.39, 0.29) is 17.9 Å². The van der Waals surface area contributed by atoms with E-state index in [1.807, 2.05) is 0 Å². The lowest BCUT2D eigenvalue weighted by Gasteiger charge is -2.07. The number of benzene rings is 1. The normalized spacial score (nSPS) is 10.2. The maximum Gasteiger partial charge on any atom is 0.354 e. The second-order valence-corrected chi connectivity index (χ2v) is 3.80. The number of halogens is 2. The van der Waals surface area contributed by atoms with Crippen LogP contribution in [0.1, 0.15) is 16.2 Å². The molecule has 2 aromatic rings. The zero-order valence-electron chi connectivity index (χ0n) is 9.73. The van der Waals surface area contributed by atoms with Crippen molar-refractivity contribution in [1.29, 1.82) is 0 Å². The van der Waals surface area contributed by atoms with Gasteiger partial charge in [0.2, 0.25) is 0 Å². The number of aromatic carboxylic acids is 1. The lowest BCUT2D eigenvalue weighted by Crippen LogP contribution is -2.07. The minimum atomic E-state index is -1.13. The van der Waals surface area contributed by atoms with Gasteiger partial charge in [-0.3, -0.25) is 0 Å². The van der Waals surface area contributed by atoms with Crippen LogP contribution < -0.4 is 5.32 Å². The van der Waals surface area contributed by atoms with E-state index in [1.54, 1.807) is 12.1 Å². The fourth-order valence-electron chi connectivity index (χ4n) is 1.52. The summed E-state index contributed by atoms with van der Waals surface area (Å²) in [7, 11) is 0. The molecule has 1 aromatic carbocycles. The minimum Gasteiger partial charge on any atom is -0.477 e. The molecule has 0 amide bonds. The molecule has 0 aliphatic rings. The number of carboxylic acids is 1. The molecule has 2 N–H and O–H groups in total. The van der Waals surface area contributed by atoms with Crippen molar-refractivity contribution in [1.82, 2.24) is 4.98 Å². The van der Waals surface area contributed by atoms with Gasteiger partial charge in [0.25, 0.3) is 0 Å². The average molecular weight is 264 g/mol. The first-order valence-electron chi connectivity index (χ1n) is 5.44. The van der Waals surface area contributed by atoms with Crippen LogP contribution in [0.5, 0.6) is 0 Å². The van der Waals surface area contributed by atoms with E-state index >= 15 is 0 Å². The number of carboxylic acid groups (broad SMARTS) is 1. The van der Waals surface area contributed by atoms with E-state index in [9.17, 15) is 13.6 Å². The third-order valence-electron chi connectivity index (χ3n) is 2.42. The summed E-state index contributed by atoms with van der Waals surface area (Å²) in [6.07, 6.45) is 0. The van der Waals surface area contributed by atoms with Crippen molar-refractivity contribution in [2.24, 2.45) is 0 Å². The molecule has 0 fully saturated rings. The maximum absolute atomic E-state index is 13.3. The summed E-state index contributed by atoms with van der Waals surface area (Å²) in [6.45, 7) is 0.143. The number of hydrogen-bond donors (Lipinski definition) is 2. The summed E-state index contributed by atoms with van der Waals surface area (Å²) >= 11 is 0. The molecule has 19 heavy (non-hydrogen) atoms. The summed E-state index contributed by atoms with van der Waals surface area (Å²) < 4.78 is 26.1. The Morgan fingerprint density at radius 3 is 2.74 bits per heavy atom. The first-order valence-corrected chi connectivity index (χ1v) is 5.44. The van der Waals surface area contributed by atoms with E-state index in [1.165, 1.54) is 12.1 Å². The van der Waals surface area contributed by atoms with E-state index in [2.05, 4.69) is 10.3 Å². The molecule has 1 heterocycles. The minimum absolute atomic E-state index is 0.0844. The van der Waals surface area contributed by atoms with Gasteiger partial charge in [0.05, 0.1) is 17.9 Å². The number of carbonyl (C=O) groups is 1. The molecular formula is C13H10F2N2O2. The highest BCUT2D eigenvalue weighted by Gasteiger charge is 2.06. The summed E-state index contributed by atoms with van der Waals surface area (Å²) in [4.78, 5) is 14.6. The lowest BCUT2D eigenvalue weighted by molar-refractivity contribution is 0.0690. The van der Waals surface area contributed by atoms with Gasteiger partial charge < -0.3 is 10.4 Å². The first kappa shape index (κ1) is 12.9. The van der Waals surface area contributed by atoms with Gasteiger partial charge in [-0.1, -0.05) is 6.07 Å². The summed E-state index contributed by atoms with van der Waals surface area (Å²) in [5.41, 5.74) is 0.492. The van der Waals surface area contributed by atoms with Gasteiger partial charge in [-0.15, -0.1) is 0 Å². The number of pyridine rings is 1. The number of nitrogens with zero attached hydrogens (tertiary/aromatic N) is 1. The first-order chi connectivity index (χ1) is 9.06. The van der Waals surface area contributed by atoms with Crippen molar-refractivity contribution in [2.45, 2.75) is 6.54 Å². The van der Waals surface area contributed by atoms with Crippen LogP contribution >= 0.6 is 0 Å². The van der Waals surface area contributed by atoms with E-state index in [4.69, 9.17) is 5.11 Å². The fourth-order valence-corrected chi connectivity index (χ4v) is 1.52. The van der Waals surface area contributed by atoms with Crippen LogP contribution in [0.2, 0.25) is 0 Å². The topological polar surface area (TPSA) is 62.2 Å². The number of nitrogens with one attached hydrogen (secondary N) is 1. The van der Waals surface area contributed by atoms with Crippen LogP contribution in [0.25, 0.3) is 0 Å². The second-order valence-electron chi connectivity index (χ2n) is 3.80. The smallest absolute Gasteiger partial charge is 0.354 e. The SMILES string of the molecule is O=C(O)c1cccc(CNc2ccc(F)cc2F)n1.